The van der Waals surface area contributed by atoms with Gasteiger partial charge < -0.3 is 10.1 Å². The Labute approximate surface area is 130 Å². The first-order valence-corrected chi connectivity index (χ1v) is 8.90. The van der Waals surface area contributed by atoms with E-state index >= 15 is 0 Å². The highest BCUT2D eigenvalue weighted by Crippen LogP contribution is 2.32. The lowest BCUT2D eigenvalue weighted by Gasteiger charge is -2.28. The maximum absolute atomic E-state index is 5.56. The van der Waals surface area contributed by atoms with E-state index < -0.39 is 0 Å². The zero-order valence-electron chi connectivity index (χ0n) is 12.9. The Morgan fingerprint density at radius 2 is 2.05 bits per heavy atom. The number of thiazole rings is 1. The first-order valence-electron chi connectivity index (χ1n) is 8.08. The van der Waals surface area contributed by atoms with Gasteiger partial charge in [-0.1, -0.05) is 24.7 Å². The van der Waals surface area contributed by atoms with Crippen LogP contribution in [0.2, 0.25) is 0 Å². The summed E-state index contributed by atoms with van der Waals surface area (Å²) in [5, 5.41) is 4.69. The van der Waals surface area contributed by atoms with Crippen LogP contribution in [0.5, 0.6) is 5.75 Å². The summed E-state index contributed by atoms with van der Waals surface area (Å²) < 4.78 is 6.76. The van der Waals surface area contributed by atoms with Crippen LogP contribution in [0, 0.1) is 5.92 Å². The van der Waals surface area contributed by atoms with Gasteiger partial charge in [-0.05, 0) is 56.7 Å². The van der Waals surface area contributed by atoms with Crippen LogP contribution in [0.25, 0.3) is 10.2 Å². The van der Waals surface area contributed by atoms with Gasteiger partial charge in [0.25, 0.3) is 0 Å². The van der Waals surface area contributed by atoms with Crippen LogP contribution in [0.3, 0.4) is 0 Å². The van der Waals surface area contributed by atoms with Gasteiger partial charge in [-0.3, -0.25) is 0 Å². The van der Waals surface area contributed by atoms with Crippen LogP contribution in [-0.2, 0) is 0 Å². The molecule has 1 fully saturated rings. The molecule has 0 amide bonds. The molecule has 0 saturated heterocycles. The Bertz CT molecular complexity index is 587. The predicted molar refractivity (Wildman–Crippen MR) is 90.4 cm³/mol. The molecule has 0 radical (unpaired) electrons. The molecular weight excluding hydrogens is 280 g/mol. The third-order valence-corrected chi connectivity index (χ3v) is 5.37. The quantitative estimate of drug-likeness (QED) is 0.837. The maximum atomic E-state index is 5.56. The van der Waals surface area contributed by atoms with Gasteiger partial charge in [0, 0.05) is 6.04 Å². The summed E-state index contributed by atoms with van der Waals surface area (Å²) >= 11 is 1.74. The third kappa shape index (κ3) is 3.49. The fraction of sp³-hybridized carbons (Fsp3) is 0.588. The number of nitrogens with one attached hydrogen (secondary N) is 1. The van der Waals surface area contributed by atoms with Gasteiger partial charge in [-0.15, -0.1) is 0 Å². The van der Waals surface area contributed by atoms with E-state index in [0.717, 1.165) is 22.3 Å². The molecule has 0 bridgehead atoms. The Morgan fingerprint density at radius 3 is 2.76 bits per heavy atom. The van der Waals surface area contributed by atoms with Gasteiger partial charge >= 0.3 is 0 Å². The molecule has 1 heterocycles. The van der Waals surface area contributed by atoms with Crippen molar-refractivity contribution in [1.82, 2.24) is 4.98 Å². The number of rotatable bonds is 5. The van der Waals surface area contributed by atoms with E-state index in [4.69, 9.17) is 9.72 Å². The fourth-order valence-corrected chi connectivity index (χ4v) is 4.08. The van der Waals surface area contributed by atoms with E-state index in [2.05, 4.69) is 24.4 Å². The number of aromatic nitrogens is 1. The summed E-state index contributed by atoms with van der Waals surface area (Å²) in [6.45, 7) is 5.02. The minimum absolute atomic E-state index is 0.597. The van der Waals surface area contributed by atoms with Crippen LogP contribution >= 0.6 is 11.3 Å². The highest BCUT2D eigenvalue weighted by Gasteiger charge is 2.20. The molecule has 1 N–H and O–H groups in total. The number of nitrogens with zero attached hydrogens (tertiary/aromatic N) is 1. The van der Waals surface area contributed by atoms with Crippen molar-refractivity contribution < 1.29 is 4.74 Å². The first kappa shape index (κ1) is 14.6. The molecule has 0 atom stereocenters. The lowest BCUT2D eigenvalue weighted by atomic mass is 9.85. The SMILES string of the molecule is CCOc1ccc2nc(NC3CCC(CC)CC3)sc2c1. The number of benzene rings is 1. The second-order valence-electron chi connectivity index (χ2n) is 5.85. The average Bonchev–Trinajstić information content (AvgIpc) is 2.90. The fourth-order valence-electron chi connectivity index (χ4n) is 3.11. The average molecular weight is 304 g/mol. The normalized spacial score (nSPS) is 22.4. The van der Waals surface area contributed by atoms with Gasteiger partial charge in [0.15, 0.2) is 5.13 Å². The molecule has 1 saturated carbocycles. The monoisotopic (exact) mass is 304 g/mol. The number of hydrogen-bond donors (Lipinski definition) is 1. The van der Waals surface area contributed by atoms with Crippen molar-refractivity contribution in [2.24, 2.45) is 5.92 Å². The molecule has 4 heteroatoms. The smallest absolute Gasteiger partial charge is 0.184 e. The number of hydrogen-bond acceptors (Lipinski definition) is 4. The Morgan fingerprint density at radius 1 is 1.24 bits per heavy atom. The number of ether oxygens (including phenoxy) is 1. The Kier molecular flexibility index (Phi) is 4.63. The standard InChI is InChI=1S/C17H24N2OS/c1-3-12-5-7-13(8-6-12)18-17-19-15-10-9-14(20-4-2)11-16(15)21-17/h9-13H,3-8H2,1-2H3,(H,18,19). The summed E-state index contributed by atoms with van der Waals surface area (Å²) in [6.07, 6.45) is 6.59. The van der Waals surface area contributed by atoms with Gasteiger partial charge in [0.1, 0.15) is 5.75 Å². The Balaban J connectivity index is 1.67. The van der Waals surface area contributed by atoms with Crippen molar-refractivity contribution in [2.45, 2.75) is 52.0 Å². The zero-order chi connectivity index (χ0) is 14.7. The van der Waals surface area contributed by atoms with Gasteiger partial charge in [-0.2, -0.15) is 0 Å². The van der Waals surface area contributed by atoms with Crippen LogP contribution in [0.1, 0.15) is 46.0 Å². The minimum Gasteiger partial charge on any atom is -0.494 e. The number of anilines is 1. The minimum atomic E-state index is 0.597. The highest BCUT2D eigenvalue weighted by molar-refractivity contribution is 7.22. The van der Waals surface area contributed by atoms with Gasteiger partial charge in [0.05, 0.1) is 16.8 Å². The van der Waals surface area contributed by atoms with E-state index in [0.29, 0.717) is 12.6 Å². The molecule has 3 rings (SSSR count). The van der Waals surface area contributed by atoms with Crippen LogP contribution in [-0.4, -0.2) is 17.6 Å². The van der Waals surface area contributed by atoms with Crippen molar-refractivity contribution in [1.29, 1.82) is 0 Å². The third-order valence-electron chi connectivity index (χ3n) is 4.42. The second-order valence-corrected chi connectivity index (χ2v) is 6.88. The largest absolute Gasteiger partial charge is 0.494 e. The molecule has 1 aromatic heterocycles. The van der Waals surface area contributed by atoms with Crippen molar-refractivity contribution >= 4 is 26.7 Å². The van der Waals surface area contributed by atoms with Crippen LogP contribution in [0.15, 0.2) is 18.2 Å². The molecular formula is C17H24N2OS. The zero-order valence-corrected chi connectivity index (χ0v) is 13.7. The summed E-state index contributed by atoms with van der Waals surface area (Å²) in [5.74, 6) is 1.87. The van der Waals surface area contributed by atoms with E-state index in [-0.39, 0.29) is 0 Å². The summed E-state index contributed by atoms with van der Waals surface area (Å²) in [5.41, 5.74) is 1.06. The Hall–Kier alpha value is -1.29. The molecule has 2 aromatic rings. The van der Waals surface area contributed by atoms with E-state index in [1.54, 1.807) is 11.3 Å². The molecule has 0 unspecified atom stereocenters. The molecule has 21 heavy (non-hydrogen) atoms. The van der Waals surface area contributed by atoms with Gasteiger partial charge in [0.2, 0.25) is 0 Å². The molecule has 0 spiro atoms. The van der Waals surface area contributed by atoms with Crippen molar-refractivity contribution in [3.05, 3.63) is 18.2 Å². The maximum Gasteiger partial charge on any atom is 0.184 e. The molecule has 0 aliphatic heterocycles. The number of fused-ring (bicyclic) bond motifs is 1. The summed E-state index contributed by atoms with van der Waals surface area (Å²) in [7, 11) is 0. The second kappa shape index (κ2) is 6.65. The summed E-state index contributed by atoms with van der Waals surface area (Å²) in [4.78, 5) is 4.70. The van der Waals surface area contributed by atoms with Crippen molar-refractivity contribution in [3.63, 3.8) is 0 Å². The lowest BCUT2D eigenvalue weighted by molar-refractivity contribution is 0.330. The first-order chi connectivity index (χ1) is 10.3. The van der Waals surface area contributed by atoms with Crippen LogP contribution < -0.4 is 10.1 Å². The lowest BCUT2D eigenvalue weighted by Crippen LogP contribution is -2.25. The molecule has 1 aliphatic carbocycles. The summed E-state index contributed by atoms with van der Waals surface area (Å²) in [6, 6.07) is 6.74. The van der Waals surface area contributed by atoms with Gasteiger partial charge in [-0.25, -0.2) is 4.98 Å². The van der Waals surface area contributed by atoms with Crippen LogP contribution in [0.4, 0.5) is 5.13 Å². The molecule has 1 aromatic carbocycles. The van der Waals surface area contributed by atoms with E-state index in [9.17, 15) is 0 Å². The van der Waals surface area contributed by atoms with Crippen molar-refractivity contribution in [3.8, 4) is 5.75 Å². The van der Waals surface area contributed by atoms with E-state index in [1.807, 2.05) is 13.0 Å². The highest BCUT2D eigenvalue weighted by atomic mass is 32.1. The van der Waals surface area contributed by atoms with Crippen molar-refractivity contribution in [2.75, 3.05) is 11.9 Å². The molecule has 1 aliphatic rings. The predicted octanol–water partition coefficient (Wildman–Crippen LogP) is 5.08. The topological polar surface area (TPSA) is 34.1 Å². The molecule has 3 nitrogen and oxygen atoms in total. The molecule has 114 valence electrons. The van der Waals surface area contributed by atoms with E-state index in [1.165, 1.54) is 36.8 Å².